The molecule has 1 N–H and O–H groups in total. The molecule has 0 saturated heterocycles. The Morgan fingerprint density at radius 2 is 2.08 bits per heavy atom. The number of H-pyrrole nitrogens is 1. The van der Waals surface area contributed by atoms with Gasteiger partial charge in [0, 0.05) is 16.5 Å². The predicted molar refractivity (Wildman–Crippen MR) is 56.8 cm³/mol. The third kappa shape index (κ3) is 1.57. The summed E-state index contributed by atoms with van der Waals surface area (Å²) >= 11 is 9.83. The minimum atomic E-state index is -0.0683. The van der Waals surface area contributed by atoms with Crippen molar-refractivity contribution in [3.05, 3.63) is 39.5 Å². The molecule has 0 saturated carbocycles. The summed E-state index contributed by atoms with van der Waals surface area (Å²) < 4.78 is 0. The van der Waals surface area contributed by atoms with Gasteiger partial charge in [0.15, 0.2) is 5.43 Å². The van der Waals surface area contributed by atoms with Gasteiger partial charge in [-0.3, -0.25) is 4.79 Å². The number of thiol groups is 1. The van der Waals surface area contributed by atoms with Gasteiger partial charge in [-0.15, -0.1) is 12.6 Å². The Hall–Kier alpha value is -0.930. The summed E-state index contributed by atoms with van der Waals surface area (Å²) in [6.45, 7) is 0. The average Bonchev–Trinajstić information content (AvgIpc) is 2.06. The Morgan fingerprint density at radius 3 is 2.85 bits per heavy atom. The van der Waals surface area contributed by atoms with E-state index in [-0.39, 0.29) is 5.43 Å². The molecule has 0 aliphatic carbocycles. The van der Waals surface area contributed by atoms with Gasteiger partial charge in [-0.05, 0) is 18.2 Å². The molecular formula is C9H6ClNOS. The number of hydrogen-bond acceptors (Lipinski definition) is 2. The van der Waals surface area contributed by atoms with Crippen molar-refractivity contribution in [3.63, 3.8) is 0 Å². The molecule has 4 heteroatoms. The zero-order chi connectivity index (χ0) is 9.42. The summed E-state index contributed by atoms with van der Waals surface area (Å²) in [4.78, 5) is 14.4. The van der Waals surface area contributed by atoms with Crippen molar-refractivity contribution in [1.82, 2.24) is 4.98 Å². The maximum absolute atomic E-state index is 11.4. The van der Waals surface area contributed by atoms with Crippen LogP contribution in [-0.2, 0) is 0 Å². The number of halogens is 1. The third-order valence-electron chi connectivity index (χ3n) is 1.78. The van der Waals surface area contributed by atoms with Gasteiger partial charge in [-0.2, -0.15) is 0 Å². The maximum atomic E-state index is 11.4. The third-order valence-corrected chi connectivity index (χ3v) is 2.25. The second-order valence-electron chi connectivity index (χ2n) is 2.71. The van der Waals surface area contributed by atoms with Crippen LogP contribution in [0.1, 0.15) is 0 Å². The lowest BCUT2D eigenvalue weighted by molar-refractivity contribution is 1.19. The summed E-state index contributed by atoms with van der Waals surface area (Å²) in [6.07, 6.45) is 0. The summed E-state index contributed by atoms with van der Waals surface area (Å²) in [5.74, 6) is 0. The molecule has 0 bridgehead atoms. The molecule has 13 heavy (non-hydrogen) atoms. The number of nitrogens with one attached hydrogen (secondary N) is 1. The van der Waals surface area contributed by atoms with Crippen LogP contribution in [0.5, 0.6) is 0 Å². The first-order valence-electron chi connectivity index (χ1n) is 3.68. The van der Waals surface area contributed by atoms with Gasteiger partial charge in [0.05, 0.1) is 10.5 Å². The second kappa shape index (κ2) is 3.09. The summed E-state index contributed by atoms with van der Waals surface area (Å²) in [6, 6.07) is 6.57. The van der Waals surface area contributed by atoms with E-state index < -0.39 is 0 Å². The number of benzene rings is 1. The smallest absolute Gasteiger partial charge is 0.190 e. The molecular weight excluding hydrogens is 206 g/mol. The van der Waals surface area contributed by atoms with Crippen molar-refractivity contribution < 1.29 is 0 Å². The van der Waals surface area contributed by atoms with Crippen molar-refractivity contribution in [3.8, 4) is 0 Å². The molecule has 0 aliphatic heterocycles. The van der Waals surface area contributed by atoms with Gasteiger partial charge >= 0.3 is 0 Å². The van der Waals surface area contributed by atoms with E-state index in [0.29, 0.717) is 15.4 Å². The highest BCUT2D eigenvalue weighted by atomic mass is 35.5. The van der Waals surface area contributed by atoms with Crippen molar-refractivity contribution in [2.45, 2.75) is 5.03 Å². The monoisotopic (exact) mass is 211 g/mol. The minimum Gasteiger partial charge on any atom is -0.350 e. The van der Waals surface area contributed by atoms with Gasteiger partial charge in [-0.25, -0.2) is 0 Å². The first-order valence-corrected chi connectivity index (χ1v) is 4.51. The van der Waals surface area contributed by atoms with Gasteiger partial charge < -0.3 is 4.98 Å². The molecule has 0 atom stereocenters. The molecule has 0 aliphatic rings. The summed E-state index contributed by atoms with van der Waals surface area (Å²) in [5.41, 5.74) is 0.683. The predicted octanol–water partition coefficient (Wildman–Crippen LogP) is 2.47. The van der Waals surface area contributed by atoms with Crippen LogP contribution in [0.3, 0.4) is 0 Å². The molecule has 2 rings (SSSR count). The maximum Gasteiger partial charge on any atom is 0.190 e. The Bertz CT molecular complexity index is 520. The molecule has 0 spiro atoms. The van der Waals surface area contributed by atoms with Crippen molar-refractivity contribution in [2.75, 3.05) is 0 Å². The van der Waals surface area contributed by atoms with Crippen LogP contribution in [0.4, 0.5) is 0 Å². The second-order valence-corrected chi connectivity index (χ2v) is 3.63. The molecule has 66 valence electrons. The molecule has 1 aromatic heterocycles. The Morgan fingerprint density at radius 1 is 1.31 bits per heavy atom. The molecule has 1 aromatic carbocycles. The number of rotatable bonds is 0. The van der Waals surface area contributed by atoms with E-state index in [2.05, 4.69) is 17.6 Å². The van der Waals surface area contributed by atoms with Crippen molar-refractivity contribution >= 4 is 35.1 Å². The lowest BCUT2D eigenvalue weighted by Gasteiger charge is -1.98. The van der Waals surface area contributed by atoms with Crippen LogP contribution in [0.15, 0.2) is 34.1 Å². The zero-order valence-electron chi connectivity index (χ0n) is 6.54. The number of aromatic amines is 1. The number of hydrogen-bond donors (Lipinski definition) is 2. The van der Waals surface area contributed by atoms with Gasteiger partial charge in [-0.1, -0.05) is 11.6 Å². The van der Waals surface area contributed by atoms with E-state index in [4.69, 9.17) is 11.6 Å². The molecule has 0 amide bonds. The normalized spacial score (nSPS) is 10.6. The van der Waals surface area contributed by atoms with E-state index in [1.54, 1.807) is 18.2 Å². The van der Waals surface area contributed by atoms with Crippen molar-refractivity contribution in [2.24, 2.45) is 0 Å². The zero-order valence-corrected chi connectivity index (χ0v) is 8.19. The quantitative estimate of drug-likeness (QED) is 0.645. The van der Waals surface area contributed by atoms with E-state index in [1.807, 2.05) is 0 Å². The first kappa shape index (κ1) is 8.66. The topological polar surface area (TPSA) is 32.9 Å². The molecule has 2 aromatic rings. The highest BCUT2D eigenvalue weighted by Gasteiger charge is 2.00. The van der Waals surface area contributed by atoms with E-state index in [9.17, 15) is 4.79 Å². The molecule has 0 unspecified atom stereocenters. The standard InChI is InChI=1S/C9H6ClNOS/c10-5-1-2-7-6(3-5)8(12)4-9(13)11-7/h1-4H,(H2,11,12,13). The largest absolute Gasteiger partial charge is 0.350 e. The Balaban J connectivity index is 2.95. The fraction of sp³-hybridized carbons (Fsp3) is 0. The van der Waals surface area contributed by atoms with Crippen LogP contribution < -0.4 is 5.43 Å². The highest BCUT2D eigenvalue weighted by Crippen LogP contribution is 2.15. The summed E-state index contributed by atoms with van der Waals surface area (Å²) in [5, 5.41) is 1.70. The van der Waals surface area contributed by atoms with Gasteiger partial charge in [0.25, 0.3) is 0 Å². The number of fused-ring (bicyclic) bond motifs is 1. The Labute approximate surface area is 85.0 Å². The van der Waals surface area contributed by atoms with Crippen LogP contribution in [0.25, 0.3) is 10.9 Å². The van der Waals surface area contributed by atoms with E-state index in [0.717, 1.165) is 5.52 Å². The van der Waals surface area contributed by atoms with Gasteiger partial charge in [0.2, 0.25) is 0 Å². The first-order chi connectivity index (χ1) is 6.16. The number of pyridine rings is 1. The molecule has 0 fully saturated rings. The van der Waals surface area contributed by atoms with E-state index in [1.165, 1.54) is 6.07 Å². The van der Waals surface area contributed by atoms with Crippen LogP contribution >= 0.6 is 24.2 Å². The van der Waals surface area contributed by atoms with Crippen LogP contribution in [0.2, 0.25) is 5.02 Å². The fourth-order valence-electron chi connectivity index (χ4n) is 1.21. The molecule has 1 heterocycles. The Kier molecular flexibility index (Phi) is 2.06. The van der Waals surface area contributed by atoms with Crippen LogP contribution in [0, 0.1) is 0 Å². The minimum absolute atomic E-state index is 0.0683. The molecule has 2 nitrogen and oxygen atoms in total. The highest BCUT2D eigenvalue weighted by molar-refractivity contribution is 7.80. The fourth-order valence-corrected chi connectivity index (χ4v) is 1.62. The molecule has 0 radical (unpaired) electrons. The van der Waals surface area contributed by atoms with E-state index >= 15 is 0 Å². The average molecular weight is 212 g/mol. The number of aromatic nitrogens is 1. The van der Waals surface area contributed by atoms with Crippen molar-refractivity contribution in [1.29, 1.82) is 0 Å². The SMILES string of the molecule is O=c1cc(S)[nH]c2ccc(Cl)cc12. The lowest BCUT2D eigenvalue weighted by atomic mass is 10.2. The van der Waals surface area contributed by atoms with Gasteiger partial charge in [0.1, 0.15) is 0 Å². The summed E-state index contributed by atoms with van der Waals surface area (Å²) in [7, 11) is 0. The lowest BCUT2D eigenvalue weighted by Crippen LogP contribution is -2.01. The van der Waals surface area contributed by atoms with Crippen LogP contribution in [-0.4, -0.2) is 4.98 Å².